The Balaban J connectivity index is 1.88. The maximum absolute atomic E-state index is 12.3. The van der Waals surface area contributed by atoms with Crippen molar-refractivity contribution in [1.29, 1.82) is 0 Å². The molecule has 2 aliphatic rings. The molecule has 2 heterocycles. The van der Waals surface area contributed by atoms with E-state index in [2.05, 4.69) is 16.8 Å². The molecule has 0 spiro atoms. The highest BCUT2D eigenvalue weighted by molar-refractivity contribution is 6.14. The summed E-state index contributed by atoms with van der Waals surface area (Å²) in [6.45, 7) is 5.85. The fraction of sp³-hybridized carbons (Fsp3) is 0.333. The van der Waals surface area contributed by atoms with Gasteiger partial charge in [-0.1, -0.05) is 6.08 Å². The van der Waals surface area contributed by atoms with Gasteiger partial charge in [-0.25, -0.2) is 4.79 Å². The molecule has 0 unspecified atom stereocenters. The van der Waals surface area contributed by atoms with Gasteiger partial charge in [0.25, 0.3) is 5.91 Å². The van der Waals surface area contributed by atoms with Crippen LogP contribution in [0.25, 0.3) is 6.08 Å². The zero-order valence-electron chi connectivity index (χ0n) is 13.7. The topological polar surface area (TPSA) is 61.9 Å². The van der Waals surface area contributed by atoms with Gasteiger partial charge in [0.15, 0.2) is 0 Å². The van der Waals surface area contributed by atoms with E-state index in [1.165, 1.54) is 18.9 Å². The Bertz CT molecular complexity index is 705. The van der Waals surface area contributed by atoms with Crippen LogP contribution in [-0.4, -0.2) is 43.6 Å². The Kier molecular flexibility index (Phi) is 4.55. The highest BCUT2D eigenvalue weighted by Crippen LogP contribution is 2.29. The fourth-order valence-corrected chi connectivity index (χ4v) is 3.01. The van der Waals surface area contributed by atoms with Crippen molar-refractivity contribution in [2.45, 2.75) is 12.8 Å². The van der Waals surface area contributed by atoms with E-state index in [9.17, 15) is 9.59 Å². The number of nitrogens with zero attached hydrogens (tertiary/aromatic N) is 2. The molecule has 6 heteroatoms. The Morgan fingerprint density at radius 3 is 2.71 bits per heavy atom. The minimum absolute atomic E-state index is 0.188. The Labute approximate surface area is 141 Å². The molecule has 0 aromatic heterocycles. The molecule has 1 N–H and O–H groups in total. The Morgan fingerprint density at radius 2 is 2.04 bits per heavy atom. The quantitative estimate of drug-likeness (QED) is 0.512. The minimum atomic E-state index is -0.432. The smallest absolute Gasteiger partial charge is 0.329 e. The monoisotopic (exact) mass is 327 g/mol. The molecular weight excluding hydrogens is 306 g/mol. The normalized spacial score (nSPS) is 19.1. The van der Waals surface area contributed by atoms with E-state index < -0.39 is 6.03 Å². The van der Waals surface area contributed by atoms with Crippen LogP contribution in [0.1, 0.15) is 18.4 Å². The van der Waals surface area contributed by atoms with E-state index in [0.29, 0.717) is 5.75 Å². The number of rotatable bonds is 5. The molecule has 0 bridgehead atoms. The molecule has 1 aromatic rings. The zero-order valence-corrected chi connectivity index (χ0v) is 13.7. The second-order valence-electron chi connectivity index (χ2n) is 5.81. The second-order valence-corrected chi connectivity index (χ2v) is 5.81. The lowest BCUT2D eigenvalue weighted by atomic mass is 10.1. The number of anilines is 1. The number of nitrogens with one attached hydrogen (secondary N) is 1. The van der Waals surface area contributed by atoms with Crippen molar-refractivity contribution in [1.82, 2.24) is 10.2 Å². The number of benzene rings is 1. The molecular formula is C18H21N3O3. The van der Waals surface area contributed by atoms with Crippen LogP contribution < -0.4 is 15.0 Å². The van der Waals surface area contributed by atoms with Gasteiger partial charge in [0, 0.05) is 37.0 Å². The number of ether oxygens (including phenoxy) is 1. The van der Waals surface area contributed by atoms with Crippen LogP contribution >= 0.6 is 0 Å². The van der Waals surface area contributed by atoms with Gasteiger partial charge in [0.2, 0.25) is 0 Å². The van der Waals surface area contributed by atoms with Crippen LogP contribution in [0.4, 0.5) is 10.5 Å². The molecule has 0 aliphatic carbocycles. The van der Waals surface area contributed by atoms with E-state index in [-0.39, 0.29) is 18.1 Å². The standard InChI is InChI=1S/C18H21N3O3/c1-3-8-21-17(22)15(19-18(21)23)11-13-6-7-14(12-16(13)24-2)20-9-4-5-10-20/h3,6-7,11-12H,1,4-5,8-10H2,2H3,(H,19,23)/b15-11+. The van der Waals surface area contributed by atoms with Crippen LogP contribution in [0.15, 0.2) is 36.6 Å². The van der Waals surface area contributed by atoms with E-state index in [0.717, 1.165) is 29.2 Å². The SMILES string of the molecule is C=CCN1C(=O)N/C(=C/c2ccc(N3CCCC3)cc2OC)C1=O. The molecule has 24 heavy (non-hydrogen) atoms. The summed E-state index contributed by atoms with van der Waals surface area (Å²) in [6.07, 6.45) is 5.57. The number of carbonyl (C=O) groups excluding carboxylic acids is 2. The summed E-state index contributed by atoms with van der Waals surface area (Å²) in [4.78, 5) is 27.5. The third kappa shape index (κ3) is 2.99. The van der Waals surface area contributed by atoms with Crippen molar-refractivity contribution >= 4 is 23.7 Å². The first kappa shape index (κ1) is 16.1. The number of methoxy groups -OCH3 is 1. The fourth-order valence-electron chi connectivity index (χ4n) is 3.01. The van der Waals surface area contributed by atoms with Gasteiger partial charge in [-0.05, 0) is 31.1 Å². The number of hydrogen-bond donors (Lipinski definition) is 1. The molecule has 0 atom stereocenters. The van der Waals surface area contributed by atoms with E-state index in [1.54, 1.807) is 13.2 Å². The predicted octanol–water partition coefficient (Wildman–Crippen LogP) is 2.37. The van der Waals surface area contributed by atoms with Crippen LogP contribution in [0.5, 0.6) is 5.75 Å². The lowest BCUT2D eigenvalue weighted by molar-refractivity contribution is -0.122. The first-order valence-corrected chi connectivity index (χ1v) is 8.02. The minimum Gasteiger partial charge on any atom is -0.496 e. The summed E-state index contributed by atoms with van der Waals surface area (Å²) < 4.78 is 5.47. The third-order valence-corrected chi connectivity index (χ3v) is 4.26. The second kappa shape index (κ2) is 6.78. The lowest BCUT2D eigenvalue weighted by Gasteiger charge is -2.19. The van der Waals surface area contributed by atoms with Gasteiger partial charge in [0.05, 0.1) is 7.11 Å². The molecule has 6 nitrogen and oxygen atoms in total. The van der Waals surface area contributed by atoms with Gasteiger partial charge in [-0.3, -0.25) is 9.69 Å². The van der Waals surface area contributed by atoms with Gasteiger partial charge in [-0.15, -0.1) is 6.58 Å². The van der Waals surface area contributed by atoms with Gasteiger partial charge < -0.3 is 15.0 Å². The summed E-state index contributed by atoms with van der Waals surface area (Å²) in [6, 6.07) is 5.47. The first-order chi connectivity index (χ1) is 11.6. The van der Waals surface area contributed by atoms with Crippen LogP contribution in [0.3, 0.4) is 0 Å². The highest BCUT2D eigenvalue weighted by Gasteiger charge is 2.32. The van der Waals surface area contributed by atoms with E-state index in [4.69, 9.17) is 4.74 Å². The third-order valence-electron chi connectivity index (χ3n) is 4.26. The van der Waals surface area contributed by atoms with Crippen molar-refractivity contribution in [3.63, 3.8) is 0 Å². The van der Waals surface area contributed by atoms with Crippen LogP contribution in [0, 0.1) is 0 Å². The summed E-state index contributed by atoms with van der Waals surface area (Å²) in [5.41, 5.74) is 2.11. The van der Waals surface area contributed by atoms with Gasteiger partial charge >= 0.3 is 6.03 Å². The number of imide groups is 1. The van der Waals surface area contributed by atoms with Crippen molar-refractivity contribution in [2.75, 3.05) is 31.6 Å². The van der Waals surface area contributed by atoms with Gasteiger partial charge in [0.1, 0.15) is 11.4 Å². The average molecular weight is 327 g/mol. The number of hydrogen-bond acceptors (Lipinski definition) is 4. The molecule has 3 amide bonds. The molecule has 0 radical (unpaired) electrons. The molecule has 3 rings (SSSR count). The highest BCUT2D eigenvalue weighted by atomic mass is 16.5. The summed E-state index contributed by atoms with van der Waals surface area (Å²) >= 11 is 0. The number of carbonyl (C=O) groups is 2. The van der Waals surface area contributed by atoms with Gasteiger partial charge in [-0.2, -0.15) is 0 Å². The van der Waals surface area contributed by atoms with Crippen molar-refractivity contribution in [3.8, 4) is 5.75 Å². The molecule has 0 saturated carbocycles. The molecule has 2 aliphatic heterocycles. The average Bonchev–Trinajstić information content (AvgIpc) is 3.20. The summed E-state index contributed by atoms with van der Waals surface area (Å²) in [7, 11) is 1.60. The largest absolute Gasteiger partial charge is 0.496 e. The maximum atomic E-state index is 12.3. The maximum Gasteiger partial charge on any atom is 0.329 e. The molecule has 2 fully saturated rings. The number of urea groups is 1. The number of amides is 3. The van der Waals surface area contributed by atoms with Crippen molar-refractivity contribution in [2.24, 2.45) is 0 Å². The molecule has 1 aromatic carbocycles. The Hall–Kier alpha value is -2.76. The van der Waals surface area contributed by atoms with Crippen LogP contribution in [-0.2, 0) is 4.79 Å². The summed E-state index contributed by atoms with van der Waals surface area (Å²) in [5, 5.41) is 2.59. The Morgan fingerprint density at radius 1 is 1.29 bits per heavy atom. The van der Waals surface area contributed by atoms with Crippen molar-refractivity contribution < 1.29 is 14.3 Å². The summed E-state index contributed by atoms with van der Waals surface area (Å²) in [5.74, 6) is 0.321. The molecule has 126 valence electrons. The van der Waals surface area contributed by atoms with E-state index >= 15 is 0 Å². The lowest BCUT2D eigenvalue weighted by Crippen LogP contribution is -2.30. The zero-order chi connectivity index (χ0) is 17.1. The van der Waals surface area contributed by atoms with E-state index in [1.807, 2.05) is 18.2 Å². The van der Waals surface area contributed by atoms with Crippen molar-refractivity contribution in [3.05, 3.63) is 42.1 Å². The predicted molar refractivity (Wildman–Crippen MR) is 92.9 cm³/mol. The first-order valence-electron chi connectivity index (χ1n) is 8.02. The van der Waals surface area contributed by atoms with Crippen LogP contribution in [0.2, 0.25) is 0 Å². The molecule has 2 saturated heterocycles.